The summed E-state index contributed by atoms with van der Waals surface area (Å²) >= 11 is 0. The summed E-state index contributed by atoms with van der Waals surface area (Å²) in [4.78, 5) is 11.9. The van der Waals surface area contributed by atoms with Crippen LogP contribution in [0.5, 0.6) is 23.0 Å². The monoisotopic (exact) mass is 366 g/mol. The number of benzene rings is 1. The molecule has 0 saturated heterocycles. The van der Waals surface area contributed by atoms with Gasteiger partial charge in [-0.25, -0.2) is 4.79 Å². The third-order valence-corrected chi connectivity index (χ3v) is 3.11. The van der Waals surface area contributed by atoms with E-state index in [1.165, 1.54) is 6.08 Å². The fourth-order valence-corrected chi connectivity index (χ4v) is 2.30. The third-order valence-electron chi connectivity index (χ3n) is 3.11. The zero-order valence-electron chi connectivity index (χ0n) is 16.6. The van der Waals surface area contributed by atoms with E-state index in [1.807, 2.05) is 27.7 Å². The van der Waals surface area contributed by atoms with Gasteiger partial charge in [0, 0.05) is 12.1 Å². The Hall–Kier alpha value is -2.37. The van der Waals surface area contributed by atoms with Gasteiger partial charge in [0.1, 0.15) is 0 Å². The maximum Gasteiger partial charge on any atom is 0.331 e. The van der Waals surface area contributed by atoms with Crippen LogP contribution in [0.15, 0.2) is 12.1 Å². The molecule has 6 nitrogen and oxygen atoms in total. The molecular weight excluding hydrogens is 336 g/mol. The van der Waals surface area contributed by atoms with E-state index in [2.05, 4.69) is 0 Å². The van der Waals surface area contributed by atoms with E-state index < -0.39 is 5.97 Å². The molecule has 1 aromatic rings. The normalized spacial score (nSPS) is 10.9. The average molecular weight is 366 g/mol. The van der Waals surface area contributed by atoms with Crippen molar-refractivity contribution >= 4 is 12.0 Å². The molecule has 1 aromatic carbocycles. The first-order valence-electron chi connectivity index (χ1n) is 9.09. The van der Waals surface area contributed by atoms with Crippen molar-refractivity contribution in [1.29, 1.82) is 0 Å². The molecule has 26 heavy (non-hydrogen) atoms. The lowest BCUT2D eigenvalue weighted by molar-refractivity contribution is -0.141. The minimum absolute atomic E-state index is 0.196. The quantitative estimate of drug-likeness (QED) is 0.431. The van der Waals surface area contributed by atoms with E-state index in [-0.39, 0.29) is 6.10 Å². The van der Waals surface area contributed by atoms with Crippen molar-refractivity contribution in [3.05, 3.63) is 17.7 Å². The Bertz CT molecular complexity index is 573. The molecule has 0 spiro atoms. The fraction of sp³-hybridized carbons (Fsp3) is 0.550. The van der Waals surface area contributed by atoms with Gasteiger partial charge in [-0.15, -0.1) is 0 Å². The second-order valence-electron chi connectivity index (χ2n) is 5.50. The molecule has 0 aliphatic heterocycles. The highest BCUT2D eigenvalue weighted by Crippen LogP contribution is 2.45. The molecule has 0 atom stereocenters. The highest BCUT2D eigenvalue weighted by atomic mass is 16.5. The van der Waals surface area contributed by atoms with E-state index in [9.17, 15) is 4.79 Å². The first-order valence-corrected chi connectivity index (χ1v) is 9.09. The standard InChI is InChI=1S/C20H30O6/c1-7-22-16-13-17(23-8-2)20(25-10-4)15(19(16)24-9-3)11-12-18(21)26-14(5)6/h11-14H,7-10H2,1-6H3. The van der Waals surface area contributed by atoms with Crippen LogP contribution in [0.3, 0.4) is 0 Å². The number of rotatable bonds is 11. The van der Waals surface area contributed by atoms with Crippen LogP contribution in [0.4, 0.5) is 0 Å². The Morgan fingerprint density at radius 3 is 1.73 bits per heavy atom. The minimum Gasteiger partial charge on any atom is -0.490 e. The zero-order chi connectivity index (χ0) is 19.5. The zero-order valence-corrected chi connectivity index (χ0v) is 16.6. The van der Waals surface area contributed by atoms with E-state index in [4.69, 9.17) is 23.7 Å². The summed E-state index contributed by atoms with van der Waals surface area (Å²) in [5.41, 5.74) is 0.587. The number of ether oxygens (including phenoxy) is 5. The van der Waals surface area contributed by atoms with Crippen LogP contribution in [0.1, 0.15) is 47.1 Å². The molecule has 0 radical (unpaired) electrons. The molecular formula is C20H30O6. The van der Waals surface area contributed by atoms with Crippen LogP contribution in [0.25, 0.3) is 6.08 Å². The first-order chi connectivity index (χ1) is 12.5. The van der Waals surface area contributed by atoms with Gasteiger partial charge < -0.3 is 23.7 Å². The van der Waals surface area contributed by atoms with Gasteiger partial charge in [0.15, 0.2) is 23.0 Å². The Kier molecular flexibility index (Phi) is 9.41. The van der Waals surface area contributed by atoms with Crippen molar-refractivity contribution in [2.45, 2.75) is 47.6 Å². The summed E-state index contributed by atoms with van der Waals surface area (Å²) < 4.78 is 28.2. The second kappa shape index (κ2) is 11.3. The second-order valence-corrected chi connectivity index (χ2v) is 5.50. The van der Waals surface area contributed by atoms with Crippen LogP contribution in [0.2, 0.25) is 0 Å². The van der Waals surface area contributed by atoms with Crippen LogP contribution in [-0.4, -0.2) is 38.5 Å². The highest BCUT2D eigenvalue weighted by molar-refractivity contribution is 5.89. The Morgan fingerprint density at radius 1 is 0.885 bits per heavy atom. The van der Waals surface area contributed by atoms with Crippen molar-refractivity contribution in [3.8, 4) is 23.0 Å². The summed E-state index contributed by atoms with van der Waals surface area (Å²) in [5, 5.41) is 0. The lowest BCUT2D eigenvalue weighted by Gasteiger charge is -2.20. The minimum atomic E-state index is -0.440. The summed E-state index contributed by atoms with van der Waals surface area (Å²) in [6.45, 7) is 13.0. The van der Waals surface area contributed by atoms with Gasteiger partial charge in [-0.2, -0.15) is 0 Å². The first kappa shape index (κ1) is 21.7. The lowest BCUT2D eigenvalue weighted by atomic mass is 10.1. The van der Waals surface area contributed by atoms with Crippen molar-refractivity contribution < 1.29 is 28.5 Å². The van der Waals surface area contributed by atoms with Crippen molar-refractivity contribution in [1.82, 2.24) is 0 Å². The van der Waals surface area contributed by atoms with E-state index in [0.29, 0.717) is 55.0 Å². The van der Waals surface area contributed by atoms with Gasteiger partial charge in [-0.3, -0.25) is 0 Å². The Morgan fingerprint density at radius 2 is 1.35 bits per heavy atom. The molecule has 146 valence electrons. The Labute approximate surface area is 156 Å². The van der Waals surface area contributed by atoms with Crippen LogP contribution in [0, 0.1) is 0 Å². The van der Waals surface area contributed by atoms with Crippen molar-refractivity contribution in [3.63, 3.8) is 0 Å². The highest BCUT2D eigenvalue weighted by Gasteiger charge is 2.21. The smallest absolute Gasteiger partial charge is 0.331 e. The third kappa shape index (κ3) is 6.17. The predicted octanol–water partition coefficient (Wildman–Crippen LogP) is 4.25. The molecule has 0 heterocycles. The van der Waals surface area contributed by atoms with Crippen LogP contribution in [-0.2, 0) is 9.53 Å². The molecule has 0 N–H and O–H groups in total. The van der Waals surface area contributed by atoms with Crippen LogP contribution < -0.4 is 18.9 Å². The van der Waals surface area contributed by atoms with E-state index in [1.54, 1.807) is 26.0 Å². The number of esters is 1. The summed E-state index contributed by atoms with van der Waals surface area (Å²) in [5.74, 6) is 1.66. The van der Waals surface area contributed by atoms with Gasteiger partial charge in [-0.1, -0.05) is 0 Å². The number of hydrogen-bond donors (Lipinski definition) is 0. The SMILES string of the molecule is CCOc1cc(OCC)c(OCC)c(C=CC(=O)OC(C)C)c1OCC. The molecule has 0 amide bonds. The molecule has 0 aliphatic rings. The number of hydrogen-bond acceptors (Lipinski definition) is 6. The predicted molar refractivity (Wildman–Crippen MR) is 101 cm³/mol. The average Bonchev–Trinajstić information content (AvgIpc) is 2.57. The maximum atomic E-state index is 11.9. The van der Waals surface area contributed by atoms with Gasteiger partial charge in [0.05, 0.1) is 38.1 Å². The van der Waals surface area contributed by atoms with Gasteiger partial charge in [-0.05, 0) is 47.6 Å². The van der Waals surface area contributed by atoms with Gasteiger partial charge in [0.25, 0.3) is 0 Å². The summed E-state index contributed by atoms with van der Waals surface area (Å²) in [6, 6.07) is 1.76. The fourth-order valence-electron chi connectivity index (χ4n) is 2.30. The molecule has 6 heteroatoms. The molecule has 0 bridgehead atoms. The van der Waals surface area contributed by atoms with Crippen molar-refractivity contribution in [2.24, 2.45) is 0 Å². The maximum absolute atomic E-state index is 11.9. The largest absolute Gasteiger partial charge is 0.490 e. The van der Waals surface area contributed by atoms with E-state index in [0.717, 1.165) is 0 Å². The van der Waals surface area contributed by atoms with Gasteiger partial charge >= 0.3 is 5.97 Å². The Balaban J connectivity index is 3.50. The number of carbonyl (C=O) groups excluding carboxylic acids is 1. The molecule has 1 rings (SSSR count). The lowest BCUT2D eigenvalue weighted by Crippen LogP contribution is -2.09. The summed E-state index contributed by atoms with van der Waals surface area (Å²) in [7, 11) is 0. The molecule has 0 saturated carbocycles. The molecule has 0 aromatic heterocycles. The summed E-state index contributed by atoms with van der Waals surface area (Å²) in [6.07, 6.45) is 2.77. The van der Waals surface area contributed by atoms with Crippen LogP contribution >= 0.6 is 0 Å². The number of carbonyl (C=O) groups is 1. The van der Waals surface area contributed by atoms with Crippen molar-refractivity contribution in [2.75, 3.05) is 26.4 Å². The molecule has 0 unspecified atom stereocenters. The van der Waals surface area contributed by atoms with E-state index >= 15 is 0 Å². The van der Waals surface area contributed by atoms with Gasteiger partial charge in [0.2, 0.25) is 0 Å². The topological polar surface area (TPSA) is 63.2 Å². The molecule has 0 aliphatic carbocycles. The molecule has 0 fully saturated rings.